The molecule has 0 saturated heterocycles. The van der Waals surface area contributed by atoms with Crippen LogP contribution < -0.4 is 9.47 Å². The molecule has 104 valence electrons. The largest absolute Gasteiger partial charge is 0.494 e. The van der Waals surface area contributed by atoms with Gasteiger partial charge in [-0.1, -0.05) is 30.3 Å². The third kappa shape index (κ3) is 3.13. The van der Waals surface area contributed by atoms with Gasteiger partial charge >= 0.3 is 0 Å². The van der Waals surface area contributed by atoms with E-state index in [-0.39, 0.29) is 0 Å². The van der Waals surface area contributed by atoms with E-state index in [9.17, 15) is 0 Å². The fourth-order valence-corrected chi connectivity index (χ4v) is 2.60. The molecule has 0 bridgehead atoms. The van der Waals surface area contributed by atoms with Crippen LogP contribution >= 0.6 is 0 Å². The summed E-state index contributed by atoms with van der Waals surface area (Å²) in [5.41, 5.74) is 2.63. The Bertz CT molecular complexity index is 563. The molecule has 1 heterocycles. The molecule has 2 heteroatoms. The van der Waals surface area contributed by atoms with Crippen molar-refractivity contribution in [3.8, 4) is 11.5 Å². The van der Waals surface area contributed by atoms with E-state index in [0.29, 0.717) is 6.10 Å². The average Bonchev–Trinajstić information content (AvgIpc) is 2.84. The Morgan fingerprint density at radius 2 is 2.00 bits per heavy atom. The molecule has 20 heavy (non-hydrogen) atoms. The zero-order chi connectivity index (χ0) is 13.8. The van der Waals surface area contributed by atoms with Crippen LogP contribution in [0.15, 0.2) is 48.5 Å². The van der Waals surface area contributed by atoms with Crippen molar-refractivity contribution < 1.29 is 9.47 Å². The average molecular weight is 268 g/mol. The molecule has 0 spiro atoms. The highest BCUT2D eigenvalue weighted by atomic mass is 16.5. The number of ether oxygens (including phenoxy) is 2. The van der Waals surface area contributed by atoms with Crippen LogP contribution in [0.1, 0.15) is 24.5 Å². The van der Waals surface area contributed by atoms with E-state index in [1.807, 2.05) is 18.2 Å². The van der Waals surface area contributed by atoms with Crippen LogP contribution in [-0.4, -0.2) is 12.7 Å². The Morgan fingerprint density at radius 1 is 1.15 bits per heavy atom. The molecule has 0 fully saturated rings. The third-order valence-electron chi connectivity index (χ3n) is 3.59. The highest BCUT2D eigenvalue weighted by molar-refractivity contribution is 5.43. The second kappa shape index (κ2) is 6.00. The van der Waals surface area contributed by atoms with Gasteiger partial charge in [-0.2, -0.15) is 0 Å². The van der Waals surface area contributed by atoms with Crippen molar-refractivity contribution in [2.75, 3.05) is 6.61 Å². The van der Waals surface area contributed by atoms with Gasteiger partial charge in [-0.05, 0) is 43.5 Å². The van der Waals surface area contributed by atoms with E-state index in [1.54, 1.807) is 0 Å². The standard InChI is InChI=1S/C18H20O2/c1-14-12-16-13-17(9-10-18(16)20-14)19-11-5-8-15-6-3-2-4-7-15/h2-4,6-7,9-10,13-14H,5,8,11-12H2,1H3. The molecule has 3 rings (SSSR count). The van der Waals surface area contributed by atoms with E-state index < -0.39 is 0 Å². The highest BCUT2D eigenvalue weighted by Crippen LogP contribution is 2.31. The van der Waals surface area contributed by atoms with Crippen LogP contribution in [0.3, 0.4) is 0 Å². The summed E-state index contributed by atoms with van der Waals surface area (Å²) in [6.45, 7) is 2.85. The van der Waals surface area contributed by atoms with Crippen LogP contribution in [0.2, 0.25) is 0 Å². The summed E-state index contributed by atoms with van der Waals surface area (Å²) in [5, 5.41) is 0. The van der Waals surface area contributed by atoms with Gasteiger partial charge in [0.15, 0.2) is 0 Å². The number of fused-ring (bicyclic) bond motifs is 1. The predicted octanol–water partition coefficient (Wildman–Crippen LogP) is 4.02. The van der Waals surface area contributed by atoms with Gasteiger partial charge in [-0.25, -0.2) is 0 Å². The van der Waals surface area contributed by atoms with Gasteiger partial charge in [-0.3, -0.25) is 0 Å². The first kappa shape index (κ1) is 13.0. The molecule has 1 unspecified atom stereocenters. The molecule has 0 amide bonds. The summed E-state index contributed by atoms with van der Waals surface area (Å²) in [5.74, 6) is 1.96. The fourth-order valence-electron chi connectivity index (χ4n) is 2.60. The second-order valence-corrected chi connectivity index (χ2v) is 5.34. The molecule has 0 radical (unpaired) electrons. The van der Waals surface area contributed by atoms with Crippen molar-refractivity contribution in [2.45, 2.75) is 32.3 Å². The first-order chi connectivity index (χ1) is 9.81. The first-order valence-corrected chi connectivity index (χ1v) is 7.27. The molecule has 1 aliphatic rings. The van der Waals surface area contributed by atoms with Crippen molar-refractivity contribution in [3.05, 3.63) is 59.7 Å². The predicted molar refractivity (Wildman–Crippen MR) is 80.5 cm³/mol. The van der Waals surface area contributed by atoms with Crippen molar-refractivity contribution in [1.82, 2.24) is 0 Å². The Hall–Kier alpha value is -1.96. The quantitative estimate of drug-likeness (QED) is 0.762. The minimum atomic E-state index is 0.290. The van der Waals surface area contributed by atoms with Crippen LogP contribution in [-0.2, 0) is 12.8 Å². The maximum absolute atomic E-state index is 5.83. The molecular formula is C18H20O2. The van der Waals surface area contributed by atoms with Gasteiger partial charge in [0.25, 0.3) is 0 Å². The van der Waals surface area contributed by atoms with Gasteiger partial charge in [-0.15, -0.1) is 0 Å². The molecule has 0 N–H and O–H groups in total. The summed E-state index contributed by atoms with van der Waals surface area (Å²) in [6, 6.07) is 16.7. The maximum atomic E-state index is 5.83. The number of hydrogen-bond donors (Lipinski definition) is 0. The van der Waals surface area contributed by atoms with Crippen LogP contribution in [0.25, 0.3) is 0 Å². The molecule has 2 nitrogen and oxygen atoms in total. The zero-order valence-corrected chi connectivity index (χ0v) is 11.8. The molecule has 2 aromatic carbocycles. The molecule has 1 atom stereocenters. The molecule has 1 aliphatic heterocycles. The van der Waals surface area contributed by atoms with Crippen LogP contribution in [0, 0.1) is 0 Å². The highest BCUT2D eigenvalue weighted by Gasteiger charge is 2.19. The smallest absolute Gasteiger partial charge is 0.123 e. The van der Waals surface area contributed by atoms with Crippen molar-refractivity contribution in [1.29, 1.82) is 0 Å². The lowest BCUT2D eigenvalue weighted by atomic mass is 10.1. The topological polar surface area (TPSA) is 18.5 Å². The van der Waals surface area contributed by atoms with Gasteiger partial charge in [0.1, 0.15) is 17.6 Å². The summed E-state index contributed by atoms with van der Waals surface area (Å²) in [4.78, 5) is 0. The molecule has 0 aromatic heterocycles. The van der Waals surface area contributed by atoms with Crippen molar-refractivity contribution >= 4 is 0 Å². The number of benzene rings is 2. The van der Waals surface area contributed by atoms with E-state index in [0.717, 1.165) is 37.4 Å². The van der Waals surface area contributed by atoms with E-state index in [2.05, 4.69) is 37.3 Å². The van der Waals surface area contributed by atoms with E-state index in [4.69, 9.17) is 9.47 Å². The van der Waals surface area contributed by atoms with Gasteiger partial charge < -0.3 is 9.47 Å². The van der Waals surface area contributed by atoms with Crippen LogP contribution in [0.4, 0.5) is 0 Å². The zero-order valence-electron chi connectivity index (χ0n) is 11.8. The van der Waals surface area contributed by atoms with Gasteiger partial charge in [0, 0.05) is 12.0 Å². The number of aryl methyl sites for hydroxylation is 1. The van der Waals surface area contributed by atoms with Gasteiger partial charge in [0.05, 0.1) is 6.61 Å². The minimum Gasteiger partial charge on any atom is -0.494 e. The monoisotopic (exact) mass is 268 g/mol. The lowest BCUT2D eigenvalue weighted by Gasteiger charge is -2.07. The Labute approximate surface area is 120 Å². The Balaban J connectivity index is 1.49. The third-order valence-corrected chi connectivity index (χ3v) is 3.59. The Morgan fingerprint density at radius 3 is 2.85 bits per heavy atom. The molecule has 0 saturated carbocycles. The maximum Gasteiger partial charge on any atom is 0.123 e. The SMILES string of the molecule is CC1Cc2cc(OCCCc3ccccc3)ccc2O1. The molecule has 0 aliphatic carbocycles. The summed E-state index contributed by atoms with van der Waals surface area (Å²) >= 11 is 0. The molecular weight excluding hydrogens is 248 g/mol. The molecule has 2 aromatic rings. The van der Waals surface area contributed by atoms with Crippen LogP contribution in [0.5, 0.6) is 11.5 Å². The summed E-state index contributed by atoms with van der Waals surface area (Å²) in [7, 11) is 0. The fraction of sp³-hybridized carbons (Fsp3) is 0.333. The number of rotatable bonds is 5. The lowest BCUT2D eigenvalue weighted by molar-refractivity contribution is 0.254. The summed E-state index contributed by atoms with van der Waals surface area (Å²) < 4.78 is 11.5. The summed E-state index contributed by atoms with van der Waals surface area (Å²) in [6.07, 6.45) is 3.37. The van der Waals surface area contributed by atoms with Gasteiger partial charge in [0.2, 0.25) is 0 Å². The second-order valence-electron chi connectivity index (χ2n) is 5.34. The van der Waals surface area contributed by atoms with Crippen molar-refractivity contribution in [3.63, 3.8) is 0 Å². The first-order valence-electron chi connectivity index (χ1n) is 7.27. The van der Waals surface area contributed by atoms with Crippen molar-refractivity contribution in [2.24, 2.45) is 0 Å². The number of hydrogen-bond acceptors (Lipinski definition) is 2. The van der Waals surface area contributed by atoms with E-state index in [1.165, 1.54) is 11.1 Å². The normalized spacial score (nSPS) is 16.6. The lowest BCUT2D eigenvalue weighted by Crippen LogP contribution is -2.05. The minimum absolute atomic E-state index is 0.290. The van der Waals surface area contributed by atoms with E-state index >= 15 is 0 Å². The Kier molecular flexibility index (Phi) is 3.91.